The van der Waals surface area contributed by atoms with E-state index < -0.39 is 0 Å². The van der Waals surface area contributed by atoms with Crippen molar-refractivity contribution < 1.29 is 14.3 Å². The third-order valence-electron chi connectivity index (χ3n) is 4.93. The molecule has 0 aliphatic carbocycles. The Labute approximate surface area is 175 Å². The summed E-state index contributed by atoms with van der Waals surface area (Å²) in [5.41, 5.74) is 2.48. The van der Waals surface area contributed by atoms with E-state index in [0.29, 0.717) is 17.9 Å². The van der Waals surface area contributed by atoms with Crippen molar-refractivity contribution >= 4 is 29.1 Å². The predicted molar refractivity (Wildman–Crippen MR) is 113 cm³/mol. The highest BCUT2D eigenvalue weighted by atomic mass is 35.5. The maximum absolute atomic E-state index is 13.0. The summed E-state index contributed by atoms with van der Waals surface area (Å²) >= 11 is 6.42. The summed E-state index contributed by atoms with van der Waals surface area (Å²) in [6.45, 7) is 1.73. The second-order valence-corrected chi connectivity index (χ2v) is 7.27. The molecule has 7 heteroatoms. The van der Waals surface area contributed by atoms with Gasteiger partial charge in [0.2, 0.25) is 5.91 Å². The van der Waals surface area contributed by atoms with Gasteiger partial charge in [0.05, 0.1) is 18.9 Å². The van der Waals surface area contributed by atoms with Gasteiger partial charge in [0, 0.05) is 30.5 Å². The van der Waals surface area contributed by atoms with Gasteiger partial charge >= 0.3 is 0 Å². The summed E-state index contributed by atoms with van der Waals surface area (Å²) in [4.78, 5) is 26.4. The molecule has 1 aliphatic rings. The second kappa shape index (κ2) is 9.09. The number of methoxy groups -OCH3 is 1. The Balaban J connectivity index is 1.94. The number of halogens is 1. The quantitative estimate of drug-likeness (QED) is 0.721. The van der Waals surface area contributed by atoms with Gasteiger partial charge in [0.15, 0.2) is 0 Å². The van der Waals surface area contributed by atoms with Crippen LogP contribution in [0.25, 0.3) is 0 Å². The van der Waals surface area contributed by atoms with Gasteiger partial charge in [-0.1, -0.05) is 48.9 Å². The first-order chi connectivity index (χ1) is 13.9. The summed E-state index contributed by atoms with van der Waals surface area (Å²) in [6, 6.07) is 14.7. The normalized spacial score (nSPS) is 15.8. The van der Waals surface area contributed by atoms with E-state index in [1.165, 1.54) is 9.91 Å². The smallest absolute Gasteiger partial charge is 0.262 e. The third kappa shape index (κ3) is 4.59. The van der Waals surface area contributed by atoms with Crippen molar-refractivity contribution in [3.8, 4) is 5.75 Å². The van der Waals surface area contributed by atoms with Crippen LogP contribution in [0.5, 0.6) is 5.75 Å². The maximum Gasteiger partial charge on any atom is 0.262 e. The molecule has 152 valence electrons. The predicted octanol–water partition coefficient (Wildman–Crippen LogP) is 3.89. The van der Waals surface area contributed by atoms with E-state index in [4.69, 9.17) is 16.3 Å². The van der Waals surface area contributed by atoms with Crippen LogP contribution in [0.3, 0.4) is 0 Å². The van der Waals surface area contributed by atoms with E-state index in [2.05, 4.69) is 5.10 Å². The number of hydrazone groups is 1. The van der Waals surface area contributed by atoms with E-state index in [9.17, 15) is 9.59 Å². The maximum atomic E-state index is 13.0. The lowest BCUT2D eigenvalue weighted by atomic mass is 9.98. The van der Waals surface area contributed by atoms with Gasteiger partial charge < -0.3 is 9.64 Å². The van der Waals surface area contributed by atoms with E-state index in [-0.39, 0.29) is 24.4 Å². The minimum absolute atomic E-state index is 0.0392. The Kier molecular flexibility index (Phi) is 6.54. The Bertz CT molecular complexity index is 944. The van der Waals surface area contributed by atoms with Gasteiger partial charge in [-0.2, -0.15) is 5.10 Å². The number of amides is 2. The Hall–Kier alpha value is -2.86. The second-order valence-electron chi connectivity index (χ2n) is 6.86. The summed E-state index contributed by atoms with van der Waals surface area (Å²) in [6.07, 6.45) is 0.865. The molecule has 1 atom stereocenters. The number of carbonyl (C=O) groups excluding carboxylic acids is 2. The molecule has 0 saturated carbocycles. The zero-order valence-electron chi connectivity index (χ0n) is 16.8. The lowest BCUT2D eigenvalue weighted by molar-refractivity contribution is -0.140. The number of rotatable bonds is 6. The molecule has 2 aromatic rings. The number of hydrogen-bond donors (Lipinski definition) is 0. The fraction of sp³-hybridized carbons (Fsp3) is 0.318. The van der Waals surface area contributed by atoms with Gasteiger partial charge in [-0.15, -0.1) is 0 Å². The number of likely N-dealkylation sites (N-methyl/N-ethyl adjacent to an activating group) is 1. The lowest BCUT2D eigenvalue weighted by Crippen LogP contribution is -2.39. The van der Waals surface area contributed by atoms with Crippen molar-refractivity contribution in [3.63, 3.8) is 0 Å². The molecule has 3 rings (SSSR count). The van der Waals surface area contributed by atoms with Crippen molar-refractivity contribution in [2.45, 2.75) is 25.8 Å². The Morgan fingerprint density at radius 1 is 1.24 bits per heavy atom. The first-order valence-corrected chi connectivity index (χ1v) is 9.84. The summed E-state index contributed by atoms with van der Waals surface area (Å²) in [5.74, 6) is 0.374. The number of carbonyl (C=O) groups is 2. The average molecular weight is 414 g/mol. The lowest BCUT2D eigenvalue weighted by Gasteiger charge is -2.25. The molecule has 1 aliphatic heterocycles. The molecule has 6 nitrogen and oxygen atoms in total. The molecule has 0 spiro atoms. The molecule has 29 heavy (non-hydrogen) atoms. The van der Waals surface area contributed by atoms with Crippen molar-refractivity contribution in [3.05, 3.63) is 64.7 Å². The molecule has 0 N–H and O–H groups in total. The number of nitrogens with zero attached hydrogens (tertiary/aromatic N) is 3. The van der Waals surface area contributed by atoms with E-state index in [1.54, 1.807) is 27.1 Å². The highest BCUT2D eigenvalue weighted by Crippen LogP contribution is 2.36. The molecule has 1 heterocycles. The number of benzene rings is 2. The van der Waals surface area contributed by atoms with Crippen molar-refractivity contribution in [2.75, 3.05) is 20.7 Å². The van der Waals surface area contributed by atoms with Crippen molar-refractivity contribution in [2.24, 2.45) is 5.10 Å². The van der Waals surface area contributed by atoms with Crippen LogP contribution >= 0.6 is 11.6 Å². The van der Waals surface area contributed by atoms with Crippen molar-refractivity contribution in [1.82, 2.24) is 9.91 Å². The molecule has 0 fully saturated rings. The van der Waals surface area contributed by atoms with Gasteiger partial charge in [-0.3, -0.25) is 9.59 Å². The van der Waals surface area contributed by atoms with Crippen LogP contribution in [-0.4, -0.2) is 48.1 Å². The zero-order chi connectivity index (χ0) is 21.0. The first-order valence-electron chi connectivity index (χ1n) is 9.47. The van der Waals surface area contributed by atoms with Crippen LogP contribution in [0.15, 0.2) is 53.6 Å². The minimum Gasteiger partial charge on any atom is -0.497 e. The van der Waals surface area contributed by atoms with E-state index in [0.717, 1.165) is 22.6 Å². The Morgan fingerprint density at radius 3 is 2.69 bits per heavy atom. The summed E-state index contributed by atoms with van der Waals surface area (Å²) in [5, 5.41) is 6.65. The van der Waals surface area contributed by atoms with Crippen LogP contribution < -0.4 is 4.74 Å². The topological polar surface area (TPSA) is 62.2 Å². The molecule has 2 aromatic carbocycles. The van der Waals surface area contributed by atoms with Crippen LogP contribution in [0.4, 0.5) is 0 Å². The number of hydrogen-bond acceptors (Lipinski definition) is 4. The standard InChI is InChI=1S/C22H24ClN3O3/c1-4-21(27)25(2)14-22(28)26-20(17-10-5-6-11-18(17)23)13-19(24-26)15-8-7-9-16(12-15)29-3/h5-12,20H,4,13-14H2,1-3H3/t20-/m1/s1. The number of ether oxygens (including phenoxy) is 1. The van der Waals surface area contributed by atoms with E-state index in [1.807, 2.05) is 42.5 Å². The van der Waals surface area contributed by atoms with Gasteiger partial charge in [0.25, 0.3) is 5.91 Å². The molecule has 0 aromatic heterocycles. The third-order valence-corrected chi connectivity index (χ3v) is 5.28. The van der Waals surface area contributed by atoms with Gasteiger partial charge in [0.1, 0.15) is 12.3 Å². The average Bonchev–Trinajstić information content (AvgIpc) is 3.18. The largest absolute Gasteiger partial charge is 0.497 e. The Morgan fingerprint density at radius 2 is 2.00 bits per heavy atom. The monoisotopic (exact) mass is 413 g/mol. The summed E-state index contributed by atoms with van der Waals surface area (Å²) in [7, 11) is 3.23. The van der Waals surface area contributed by atoms with Crippen LogP contribution in [-0.2, 0) is 9.59 Å². The van der Waals surface area contributed by atoms with Crippen LogP contribution in [0, 0.1) is 0 Å². The highest BCUT2D eigenvalue weighted by Gasteiger charge is 2.34. The fourth-order valence-corrected chi connectivity index (χ4v) is 3.60. The highest BCUT2D eigenvalue weighted by molar-refractivity contribution is 6.31. The van der Waals surface area contributed by atoms with Crippen molar-refractivity contribution in [1.29, 1.82) is 0 Å². The molecule has 0 unspecified atom stereocenters. The van der Waals surface area contributed by atoms with E-state index >= 15 is 0 Å². The van der Waals surface area contributed by atoms with Crippen LogP contribution in [0.1, 0.15) is 36.9 Å². The molecular weight excluding hydrogens is 390 g/mol. The minimum atomic E-state index is -0.331. The van der Waals surface area contributed by atoms with Gasteiger partial charge in [-0.25, -0.2) is 5.01 Å². The first kappa shape index (κ1) is 20.9. The van der Waals surface area contributed by atoms with Gasteiger partial charge in [-0.05, 0) is 23.8 Å². The molecule has 0 radical (unpaired) electrons. The zero-order valence-corrected chi connectivity index (χ0v) is 17.5. The molecule has 2 amide bonds. The van der Waals surface area contributed by atoms with Crippen LogP contribution in [0.2, 0.25) is 5.02 Å². The SMILES string of the molecule is CCC(=O)N(C)CC(=O)N1N=C(c2cccc(OC)c2)C[C@@H]1c1ccccc1Cl. The molecule has 0 bridgehead atoms. The summed E-state index contributed by atoms with van der Waals surface area (Å²) < 4.78 is 5.31. The molecular formula is C22H24ClN3O3. The fourth-order valence-electron chi connectivity index (χ4n) is 3.34. The molecule has 0 saturated heterocycles.